The lowest BCUT2D eigenvalue weighted by Crippen LogP contribution is -2.37. The quantitative estimate of drug-likeness (QED) is 0.721. The number of hydrogen-bond acceptors (Lipinski definition) is 6. The largest absolute Gasteiger partial charge is 0.462 e. The molecule has 1 fully saturated rings. The highest BCUT2D eigenvalue weighted by Gasteiger charge is 2.37. The first-order chi connectivity index (χ1) is 13.2. The highest BCUT2D eigenvalue weighted by Crippen LogP contribution is 2.39. The van der Waals surface area contributed by atoms with Gasteiger partial charge in [0.25, 0.3) is 0 Å². The van der Waals surface area contributed by atoms with E-state index in [-0.39, 0.29) is 23.1 Å². The van der Waals surface area contributed by atoms with E-state index in [0.29, 0.717) is 43.9 Å². The minimum atomic E-state index is -0.373. The molecule has 2 aliphatic rings. The molecule has 3 rings (SSSR count). The number of aromatic nitrogens is 1. The average Bonchev–Trinajstić information content (AvgIpc) is 2.60. The Morgan fingerprint density at radius 3 is 2.54 bits per heavy atom. The third-order valence-corrected chi connectivity index (χ3v) is 5.48. The lowest BCUT2D eigenvalue weighted by Gasteiger charge is -2.33. The van der Waals surface area contributed by atoms with E-state index in [4.69, 9.17) is 14.5 Å². The summed E-state index contributed by atoms with van der Waals surface area (Å²) in [6.45, 7) is 13.9. The van der Waals surface area contributed by atoms with Gasteiger partial charge in [-0.05, 0) is 30.2 Å². The van der Waals surface area contributed by atoms with Gasteiger partial charge in [-0.3, -0.25) is 14.7 Å². The number of hydrogen-bond donors (Lipinski definition) is 0. The van der Waals surface area contributed by atoms with E-state index in [1.807, 2.05) is 13.8 Å². The van der Waals surface area contributed by atoms with Crippen LogP contribution in [0.1, 0.15) is 84.6 Å². The molecular formula is C22H32N2O4. The number of nitrogens with zero attached hydrogens (tertiary/aromatic N) is 2. The van der Waals surface area contributed by atoms with E-state index in [1.165, 1.54) is 0 Å². The zero-order valence-corrected chi connectivity index (χ0v) is 17.8. The molecular weight excluding hydrogens is 356 g/mol. The van der Waals surface area contributed by atoms with Crippen LogP contribution < -0.4 is 0 Å². The number of morpholine rings is 1. The molecule has 154 valence electrons. The number of ether oxygens (including phenoxy) is 2. The van der Waals surface area contributed by atoms with Crippen LogP contribution in [-0.2, 0) is 22.4 Å². The molecule has 0 aromatic carbocycles. The van der Waals surface area contributed by atoms with E-state index in [2.05, 4.69) is 18.7 Å². The fourth-order valence-electron chi connectivity index (χ4n) is 4.28. The van der Waals surface area contributed by atoms with Gasteiger partial charge in [-0.2, -0.15) is 0 Å². The van der Waals surface area contributed by atoms with Gasteiger partial charge in [-0.1, -0.05) is 27.7 Å². The van der Waals surface area contributed by atoms with Crippen LogP contribution in [0.15, 0.2) is 0 Å². The van der Waals surface area contributed by atoms with Crippen LogP contribution in [0.5, 0.6) is 0 Å². The molecule has 6 nitrogen and oxygen atoms in total. The van der Waals surface area contributed by atoms with Gasteiger partial charge in [0, 0.05) is 31.6 Å². The highest BCUT2D eigenvalue weighted by molar-refractivity contribution is 6.04. The van der Waals surface area contributed by atoms with E-state index in [9.17, 15) is 9.59 Å². The van der Waals surface area contributed by atoms with Crippen molar-refractivity contribution in [1.29, 1.82) is 0 Å². The summed E-state index contributed by atoms with van der Waals surface area (Å²) in [6.07, 6.45) is 1.22. The van der Waals surface area contributed by atoms with Crippen molar-refractivity contribution in [3.05, 3.63) is 28.1 Å². The van der Waals surface area contributed by atoms with Crippen LogP contribution in [0.25, 0.3) is 0 Å². The Hall–Kier alpha value is -1.79. The maximum absolute atomic E-state index is 13.0. The summed E-state index contributed by atoms with van der Waals surface area (Å²) < 4.78 is 10.8. The van der Waals surface area contributed by atoms with Crippen LogP contribution in [0.4, 0.5) is 0 Å². The summed E-state index contributed by atoms with van der Waals surface area (Å²) in [5.74, 6) is -0.252. The molecule has 1 aliphatic carbocycles. The molecule has 0 amide bonds. The zero-order chi connectivity index (χ0) is 20.5. The maximum Gasteiger partial charge on any atom is 0.340 e. The molecule has 0 saturated carbocycles. The first-order valence-corrected chi connectivity index (χ1v) is 10.3. The van der Waals surface area contributed by atoms with Gasteiger partial charge in [0.1, 0.15) is 0 Å². The number of ketones is 1. The van der Waals surface area contributed by atoms with Crippen molar-refractivity contribution in [3.8, 4) is 0 Å². The molecule has 1 saturated heterocycles. The second-order valence-corrected chi connectivity index (χ2v) is 8.87. The Kier molecular flexibility index (Phi) is 6.20. The summed E-state index contributed by atoms with van der Waals surface area (Å²) in [5, 5.41) is 0. The Morgan fingerprint density at radius 1 is 1.25 bits per heavy atom. The number of carbonyl (C=O) groups excluding carboxylic acids is 2. The highest BCUT2D eigenvalue weighted by atomic mass is 16.5. The van der Waals surface area contributed by atoms with Gasteiger partial charge in [0.05, 0.1) is 36.8 Å². The fraction of sp³-hybridized carbons (Fsp3) is 0.682. The molecule has 0 unspecified atom stereocenters. The molecule has 0 N–H and O–H groups in total. The van der Waals surface area contributed by atoms with Gasteiger partial charge in [-0.15, -0.1) is 0 Å². The van der Waals surface area contributed by atoms with Crippen molar-refractivity contribution in [3.63, 3.8) is 0 Å². The molecule has 0 spiro atoms. The van der Waals surface area contributed by atoms with Crippen molar-refractivity contribution >= 4 is 11.8 Å². The zero-order valence-electron chi connectivity index (χ0n) is 17.8. The average molecular weight is 389 g/mol. The predicted molar refractivity (Wildman–Crippen MR) is 107 cm³/mol. The van der Waals surface area contributed by atoms with Crippen molar-refractivity contribution < 1.29 is 19.1 Å². The lowest BCUT2D eigenvalue weighted by molar-refractivity contribution is 0.0330. The van der Waals surface area contributed by atoms with Gasteiger partial charge in [-0.25, -0.2) is 4.79 Å². The number of pyridine rings is 1. The third kappa shape index (κ3) is 4.28. The minimum absolute atomic E-state index is 0.0322. The first-order valence-electron chi connectivity index (χ1n) is 10.3. The Morgan fingerprint density at radius 2 is 1.93 bits per heavy atom. The molecule has 1 aliphatic heterocycles. The van der Waals surface area contributed by atoms with Gasteiger partial charge in [0.2, 0.25) is 0 Å². The topological polar surface area (TPSA) is 68.7 Å². The number of carbonyl (C=O) groups is 2. The van der Waals surface area contributed by atoms with Gasteiger partial charge in [0.15, 0.2) is 5.78 Å². The van der Waals surface area contributed by atoms with Crippen molar-refractivity contribution in [1.82, 2.24) is 9.88 Å². The van der Waals surface area contributed by atoms with E-state index >= 15 is 0 Å². The Bertz CT molecular complexity index is 764. The van der Waals surface area contributed by atoms with Gasteiger partial charge < -0.3 is 9.47 Å². The standard InChI is InChI=1S/C22H32N2O4/c1-6-28-21(26)20-16(13-24-7-9-27-10-8-24)23-15-11-22(4,5)12-17(25)19(15)18(20)14(2)3/h14H,6-13H2,1-5H3. The van der Waals surface area contributed by atoms with E-state index < -0.39 is 0 Å². The van der Waals surface area contributed by atoms with Crippen molar-refractivity contribution in [2.45, 2.75) is 59.9 Å². The number of esters is 1. The van der Waals surface area contributed by atoms with Crippen LogP contribution in [0.3, 0.4) is 0 Å². The maximum atomic E-state index is 13.0. The second kappa shape index (κ2) is 8.29. The van der Waals surface area contributed by atoms with Crippen molar-refractivity contribution in [2.24, 2.45) is 5.41 Å². The second-order valence-electron chi connectivity index (χ2n) is 8.87. The van der Waals surface area contributed by atoms with Crippen LogP contribution >= 0.6 is 0 Å². The molecule has 1 aromatic heterocycles. The summed E-state index contributed by atoms with van der Waals surface area (Å²) in [4.78, 5) is 33.1. The van der Waals surface area contributed by atoms with Crippen LogP contribution in [0.2, 0.25) is 0 Å². The predicted octanol–water partition coefficient (Wildman–Crippen LogP) is 3.37. The van der Waals surface area contributed by atoms with Crippen LogP contribution in [0, 0.1) is 5.41 Å². The molecule has 6 heteroatoms. The summed E-state index contributed by atoms with van der Waals surface area (Å²) in [6, 6.07) is 0. The SMILES string of the molecule is CCOC(=O)c1c(CN2CCOCC2)nc2c(c1C(C)C)C(=O)CC(C)(C)C2. The molecule has 0 atom stereocenters. The van der Waals surface area contributed by atoms with Gasteiger partial charge >= 0.3 is 5.97 Å². The number of Topliss-reactive ketones (excluding diaryl/α,β-unsaturated/α-hetero) is 1. The fourth-order valence-corrected chi connectivity index (χ4v) is 4.28. The monoisotopic (exact) mass is 388 g/mol. The molecule has 28 heavy (non-hydrogen) atoms. The number of rotatable bonds is 5. The minimum Gasteiger partial charge on any atom is -0.462 e. The smallest absolute Gasteiger partial charge is 0.340 e. The molecule has 2 heterocycles. The third-order valence-electron chi connectivity index (χ3n) is 5.48. The molecule has 0 bridgehead atoms. The Balaban J connectivity index is 2.17. The molecule has 0 radical (unpaired) electrons. The first kappa shape index (κ1) is 20.9. The normalized spacial score (nSPS) is 19.6. The summed E-state index contributed by atoms with van der Waals surface area (Å²) in [7, 11) is 0. The van der Waals surface area contributed by atoms with Crippen molar-refractivity contribution in [2.75, 3.05) is 32.9 Å². The van der Waals surface area contributed by atoms with E-state index in [0.717, 1.165) is 36.5 Å². The van der Waals surface area contributed by atoms with Crippen LogP contribution in [-0.4, -0.2) is 54.5 Å². The molecule has 1 aromatic rings. The lowest BCUT2D eigenvalue weighted by atomic mass is 9.72. The van der Waals surface area contributed by atoms with E-state index in [1.54, 1.807) is 6.92 Å². The Labute approximate surface area is 167 Å². The summed E-state index contributed by atoms with van der Waals surface area (Å²) in [5.41, 5.74) is 3.41. The number of fused-ring (bicyclic) bond motifs is 1. The summed E-state index contributed by atoms with van der Waals surface area (Å²) >= 11 is 0.